The number of carbonyl (C=O) groups is 2. The molecule has 6 heteroatoms. The number of rotatable bonds is 6. The Morgan fingerprint density at radius 3 is 2.62 bits per heavy atom. The molecule has 142 valence electrons. The molecule has 2 fully saturated rings. The molecule has 1 saturated carbocycles. The van der Waals surface area contributed by atoms with Gasteiger partial charge in [0.1, 0.15) is 5.75 Å². The Labute approximate surface area is 155 Å². The summed E-state index contributed by atoms with van der Waals surface area (Å²) < 4.78 is 5.44. The van der Waals surface area contributed by atoms with Gasteiger partial charge in [0.2, 0.25) is 5.91 Å². The molecule has 1 aromatic rings. The Bertz CT molecular complexity index is 611. The average Bonchev–Trinajstić information content (AvgIpc) is 3.03. The molecule has 0 bridgehead atoms. The molecule has 6 nitrogen and oxygen atoms in total. The second-order valence-corrected chi connectivity index (χ2v) is 7.19. The molecule has 1 saturated heterocycles. The van der Waals surface area contributed by atoms with Gasteiger partial charge in [0.15, 0.2) is 0 Å². The number of nitrogens with one attached hydrogen (secondary N) is 2. The molecule has 0 unspecified atom stereocenters. The molecule has 3 amide bonds. The summed E-state index contributed by atoms with van der Waals surface area (Å²) in [7, 11) is 0. The summed E-state index contributed by atoms with van der Waals surface area (Å²) in [6.45, 7) is 3.73. The third kappa shape index (κ3) is 4.90. The van der Waals surface area contributed by atoms with E-state index in [0.717, 1.165) is 24.3 Å². The number of urea groups is 1. The summed E-state index contributed by atoms with van der Waals surface area (Å²) >= 11 is 0. The second-order valence-electron chi connectivity index (χ2n) is 7.19. The molecule has 26 heavy (non-hydrogen) atoms. The van der Waals surface area contributed by atoms with Gasteiger partial charge in [-0.1, -0.05) is 19.3 Å². The van der Waals surface area contributed by atoms with E-state index in [1.54, 1.807) is 4.90 Å². The first-order valence-electron chi connectivity index (χ1n) is 9.73. The molecule has 1 atom stereocenters. The maximum atomic E-state index is 12.3. The minimum absolute atomic E-state index is 0.105. The van der Waals surface area contributed by atoms with Crippen molar-refractivity contribution in [2.45, 2.75) is 51.5 Å². The normalized spacial score (nSPS) is 20.9. The molecular formula is C20H29N3O3. The Kier molecular flexibility index (Phi) is 6.36. The summed E-state index contributed by atoms with van der Waals surface area (Å²) in [5.74, 6) is 1.06. The van der Waals surface area contributed by atoms with Gasteiger partial charge in [-0.2, -0.15) is 0 Å². The van der Waals surface area contributed by atoms with E-state index >= 15 is 0 Å². The summed E-state index contributed by atoms with van der Waals surface area (Å²) in [5.41, 5.74) is 0.882. The van der Waals surface area contributed by atoms with E-state index in [0.29, 0.717) is 32.2 Å². The highest BCUT2D eigenvalue weighted by Crippen LogP contribution is 2.26. The van der Waals surface area contributed by atoms with E-state index in [-0.39, 0.29) is 17.9 Å². The zero-order chi connectivity index (χ0) is 18.4. The Morgan fingerprint density at radius 2 is 1.92 bits per heavy atom. The fraction of sp³-hybridized carbons (Fsp3) is 0.600. The molecule has 0 radical (unpaired) electrons. The van der Waals surface area contributed by atoms with E-state index in [4.69, 9.17) is 4.74 Å². The first kappa shape index (κ1) is 18.5. The standard InChI is InChI=1S/C20H29N3O3/c1-2-26-18-10-8-17(9-11-18)23-14-15(12-19(23)24)13-21-20(25)22-16-6-4-3-5-7-16/h8-11,15-16H,2-7,12-14H2,1H3,(H2,21,22,25)/t15-/m1/s1. The van der Waals surface area contributed by atoms with Crippen LogP contribution in [0.15, 0.2) is 24.3 Å². The van der Waals surface area contributed by atoms with Crippen molar-refractivity contribution in [3.8, 4) is 5.75 Å². The van der Waals surface area contributed by atoms with Crippen molar-refractivity contribution >= 4 is 17.6 Å². The van der Waals surface area contributed by atoms with Crippen LogP contribution in [-0.4, -0.2) is 37.7 Å². The number of hydrogen-bond donors (Lipinski definition) is 2. The number of amides is 3. The van der Waals surface area contributed by atoms with Gasteiger partial charge in [-0.25, -0.2) is 4.79 Å². The first-order valence-corrected chi connectivity index (χ1v) is 9.73. The predicted octanol–water partition coefficient (Wildman–Crippen LogP) is 3.07. The molecule has 1 heterocycles. The molecule has 2 N–H and O–H groups in total. The van der Waals surface area contributed by atoms with E-state index in [2.05, 4.69) is 10.6 Å². The fourth-order valence-electron chi connectivity index (χ4n) is 3.78. The molecule has 1 aliphatic carbocycles. The van der Waals surface area contributed by atoms with Crippen molar-refractivity contribution in [1.82, 2.24) is 10.6 Å². The van der Waals surface area contributed by atoms with Gasteiger partial charge in [0.25, 0.3) is 0 Å². The van der Waals surface area contributed by atoms with Crippen LogP contribution in [-0.2, 0) is 4.79 Å². The van der Waals surface area contributed by atoms with Gasteiger partial charge in [-0.15, -0.1) is 0 Å². The zero-order valence-electron chi connectivity index (χ0n) is 15.5. The highest BCUT2D eigenvalue weighted by Gasteiger charge is 2.30. The maximum Gasteiger partial charge on any atom is 0.315 e. The SMILES string of the molecule is CCOc1ccc(N2C[C@@H](CNC(=O)NC3CCCCC3)CC2=O)cc1. The monoisotopic (exact) mass is 359 g/mol. The Morgan fingerprint density at radius 1 is 1.19 bits per heavy atom. The van der Waals surface area contributed by atoms with Crippen molar-refractivity contribution in [2.24, 2.45) is 5.92 Å². The fourth-order valence-corrected chi connectivity index (χ4v) is 3.78. The number of nitrogens with zero attached hydrogens (tertiary/aromatic N) is 1. The van der Waals surface area contributed by atoms with E-state index < -0.39 is 0 Å². The number of benzene rings is 1. The number of carbonyl (C=O) groups excluding carboxylic acids is 2. The van der Waals surface area contributed by atoms with E-state index in [1.807, 2.05) is 31.2 Å². The van der Waals surface area contributed by atoms with Crippen LogP contribution in [0.3, 0.4) is 0 Å². The third-order valence-corrected chi connectivity index (χ3v) is 5.16. The van der Waals surface area contributed by atoms with Gasteiger partial charge < -0.3 is 20.3 Å². The lowest BCUT2D eigenvalue weighted by Gasteiger charge is -2.23. The van der Waals surface area contributed by atoms with Crippen LogP contribution < -0.4 is 20.3 Å². The molecular weight excluding hydrogens is 330 g/mol. The van der Waals surface area contributed by atoms with Crippen molar-refractivity contribution in [1.29, 1.82) is 0 Å². The van der Waals surface area contributed by atoms with Gasteiger partial charge >= 0.3 is 6.03 Å². The van der Waals surface area contributed by atoms with Crippen LogP contribution in [0.5, 0.6) is 5.75 Å². The van der Waals surface area contributed by atoms with Gasteiger partial charge in [0.05, 0.1) is 6.61 Å². The summed E-state index contributed by atoms with van der Waals surface area (Å²) in [6.07, 6.45) is 6.27. The largest absolute Gasteiger partial charge is 0.494 e. The van der Waals surface area contributed by atoms with Crippen LogP contribution >= 0.6 is 0 Å². The van der Waals surface area contributed by atoms with Gasteiger partial charge in [-0.3, -0.25) is 4.79 Å². The van der Waals surface area contributed by atoms with Crippen LogP contribution in [0.1, 0.15) is 45.4 Å². The zero-order valence-corrected chi connectivity index (χ0v) is 15.5. The average molecular weight is 359 g/mol. The number of ether oxygens (including phenoxy) is 1. The quantitative estimate of drug-likeness (QED) is 0.820. The molecule has 2 aliphatic rings. The van der Waals surface area contributed by atoms with Crippen molar-refractivity contribution in [3.05, 3.63) is 24.3 Å². The smallest absolute Gasteiger partial charge is 0.315 e. The van der Waals surface area contributed by atoms with Gasteiger partial charge in [-0.05, 0) is 44.0 Å². The lowest BCUT2D eigenvalue weighted by Crippen LogP contribution is -2.44. The Balaban J connectivity index is 1.45. The predicted molar refractivity (Wildman–Crippen MR) is 101 cm³/mol. The van der Waals surface area contributed by atoms with Crippen LogP contribution in [0.2, 0.25) is 0 Å². The van der Waals surface area contributed by atoms with Crippen molar-refractivity contribution in [3.63, 3.8) is 0 Å². The van der Waals surface area contributed by atoms with E-state index in [9.17, 15) is 9.59 Å². The first-order chi connectivity index (χ1) is 12.7. The summed E-state index contributed by atoms with van der Waals surface area (Å²) in [5, 5.41) is 5.99. The topological polar surface area (TPSA) is 70.7 Å². The minimum atomic E-state index is -0.108. The van der Waals surface area contributed by atoms with Crippen molar-refractivity contribution < 1.29 is 14.3 Å². The maximum absolute atomic E-state index is 12.3. The molecule has 0 spiro atoms. The summed E-state index contributed by atoms with van der Waals surface area (Å²) in [4.78, 5) is 26.2. The number of hydrogen-bond acceptors (Lipinski definition) is 3. The molecule has 3 rings (SSSR count). The van der Waals surface area contributed by atoms with Crippen LogP contribution in [0, 0.1) is 5.92 Å². The lowest BCUT2D eigenvalue weighted by atomic mass is 9.96. The third-order valence-electron chi connectivity index (χ3n) is 5.16. The van der Waals surface area contributed by atoms with Crippen LogP contribution in [0.4, 0.5) is 10.5 Å². The summed E-state index contributed by atoms with van der Waals surface area (Å²) in [6, 6.07) is 7.78. The van der Waals surface area contributed by atoms with Crippen LogP contribution in [0.25, 0.3) is 0 Å². The number of anilines is 1. The molecule has 1 aromatic carbocycles. The van der Waals surface area contributed by atoms with E-state index in [1.165, 1.54) is 19.3 Å². The van der Waals surface area contributed by atoms with Crippen molar-refractivity contribution in [2.75, 3.05) is 24.6 Å². The molecule has 0 aromatic heterocycles. The highest BCUT2D eigenvalue weighted by atomic mass is 16.5. The second kappa shape index (κ2) is 8.92. The highest BCUT2D eigenvalue weighted by molar-refractivity contribution is 5.95. The van der Waals surface area contributed by atoms with Gasteiger partial charge in [0, 0.05) is 37.2 Å². The Hall–Kier alpha value is -2.24. The molecule has 1 aliphatic heterocycles. The minimum Gasteiger partial charge on any atom is -0.494 e. The lowest BCUT2D eigenvalue weighted by molar-refractivity contribution is -0.117.